The lowest BCUT2D eigenvalue weighted by molar-refractivity contribution is -0.120. The van der Waals surface area contributed by atoms with E-state index in [1.54, 1.807) is 17.4 Å². The van der Waals surface area contributed by atoms with Gasteiger partial charge in [0.25, 0.3) is 6.47 Å². The van der Waals surface area contributed by atoms with Gasteiger partial charge in [0.1, 0.15) is 0 Å². The van der Waals surface area contributed by atoms with E-state index in [0.29, 0.717) is 18.6 Å². The molecule has 1 aromatic heterocycles. The van der Waals surface area contributed by atoms with E-state index in [4.69, 9.17) is 15.7 Å². The lowest BCUT2D eigenvalue weighted by atomic mass is 10.0. The number of thiophene rings is 1. The summed E-state index contributed by atoms with van der Waals surface area (Å²) in [5.41, 5.74) is 8.69. The monoisotopic (exact) mass is 365 g/mol. The van der Waals surface area contributed by atoms with Gasteiger partial charge in [-0.3, -0.25) is 4.79 Å². The van der Waals surface area contributed by atoms with Gasteiger partial charge >= 0.3 is 0 Å². The summed E-state index contributed by atoms with van der Waals surface area (Å²) in [7, 11) is 3.81. The number of nitrogens with zero attached hydrogens (tertiary/aromatic N) is 2. The molecule has 1 heterocycles. The first-order valence-corrected chi connectivity index (χ1v) is 8.93. The topological polar surface area (TPSA) is 79.3 Å². The molecule has 1 unspecified atom stereocenters. The summed E-state index contributed by atoms with van der Waals surface area (Å²) in [4.78, 5) is 13.7. The third-order valence-electron chi connectivity index (χ3n) is 4.11. The number of anilines is 1. The first kappa shape index (κ1) is 17.9. The van der Waals surface area contributed by atoms with Crippen LogP contribution in [0, 0.1) is 11.3 Å². The fourth-order valence-corrected chi connectivity index (χ4v) is 3.99. The lowest BCUT2D eigenvalue weighted by Crippen LogP contribution is -2.19. The Morgan fingerprint density at radius 2 is 1.96 bits per heavy atom. The van der Waals surface area contributed by atoms with E-state index in [9.17, 15) is 4.79 Å². The van der Waals surface area contributed by atoms with Crippen LogP contribution in [0.25, 0.3) is 21.2 Å². The predicted octanol–water partition coefficient (Wildman–Crippen LogP) is 3.56. The standard InChI is InChI=1S/C20H19N3O2S/c1-23(2)18-8-13(5-6-19(18)25-12-24)14-3-4-15-7-17(10-16(22)11-21)26-20(15)9-14/h3-9,12,16H,10,22H2,1-2H3. The maximum atomic E-state index is 10.7. The van der Waals surface area contributed by atoms with Crippen LogP contribution in [0.4, 0.5) is 5.69 Å². The van der Waals surface area contributed by atoms with Gasteiger partial charge in [0, 0.05) is 30.1 Å². The van der Waals surface area contributed by atoms with Crippen molar-refractivity contribution in [3.05, 3.63) is 47.3 Å². The second kappa shape index (κ2) is 7.56. The van der Waals surface area contributed by atoms with Crippen LogP contribution in [-0.4, -0.2) is 26.6 Å². The molecule has 0 aliphatic carbocycles. The van der Waals surface area contributed by atoms with Crippen LogP contribution in [0.15, 0.2) is 42.5 Å². The van der Waals surface area contributed by atoms with Crippen molar-refractivity contribution < 1.29 is 9.53 Å². The summed E-state index contributed by atoms with van der Waals surface area (Å²) in [6, 6.07) is 15.7. The van der Waals surface area contributed by atoms with Crippen LogP contribution in [0.5, 0.6) is 5.75 Å². The molecule has 1 atom stereocenters. The molecule has 0 aliphatic rings. The molecule has 6 heteroatoms. The Morgan fingerprint density at radius 1 is 1.23 bits per heavy atom. The van der Waals surface area contributed by atoms with Gasteiger partial charge in [-0.15, -0.1) is 11.3 Å². The Hall–Kier alpha value is -2.88. The lowest BCUT2D eigenvalue weighted by Gasteiger charge is -2.17. The first-order chi connectivity index (χ1) is 12.5. The van der Waals surface area contributed by atoms with Crippen LogP contribution in [0.1, 0.15) is 4.88 Å². The fourth-order valence-electron chi connectivity index (χ4n) is 2.83. The number of carbonyl (C=O) groups is 1. The van der Waals surface area contributed by atoms with Crippen molar-refractivity contribution in [2.24, 2.45) is 5.73 Å². The van der Waals surface area contributed by atoms with Gasteiger partial charge in [-0.25, -0.2) is 0 Å². The van der Waals surface area contributed by atoms with E-state index in [1.807, 2.05) is 31.1 Å². The molecule has 132 valence electrons. The minimum atomic E-state index is -0.476. The SMILES string of the molecule is CN(C)c1cc(-c2ccc3cc(CC(N)C#N)sc3c2)ccc1OC=O. The minimum Gasteiger partial charge on any atom is -0.427 e. The van der Waals surface area contributed by atoms with Crippen LogP contribution in [0.3, 0.4) is 0 Å². The molecule has 0 spiro atoms. The molecule has 3 rings (SSSR count). The quantitative estimate of drug-likeness (QED) is 0.676. The molecule has 0 fully saturated rings. The number of hydrogen-bond donors (Lipinski definition) is 1. The molecule has 0 amide bonds. The molecule has 0 radical (unpaired) electrons. The Bertz CT molecular complexity index is 988. The summed E-state index contributed by atoms with van der Waals surface area (Å²) in [5, 5.41) is 10.0. The largest absolute Gasteiger partial charge is 0.427 e. The van der Waals surface area contributed by atoms with Gasteiger partial charge in [0.15, 0.2) is 5.75 Å². The predicted molar refractivity (Wildman–Crippen MR) is 106 cm³/mol. The van der Waals surface area contributed by atoms with Gasteiger partial charge in [0.2, 0.25) is 0 Å². The van der Waals surface area contributed by atoms with Crippen molar-refractivity contribution in [3.8, 4) is 22.9 Å². The van der Waals surface area contributed by atoms with E-state index < -0.39 is 6.04 Å². The number of fused-ring (bicyclic) bond motifs is 1. The molecular formula is C20H19N3O2S. The van der Waals surface area contributed by atoms with E-state index >= 15 is 0 Å². The Kier molecular flexibility index (Phi) is 5.21. The molecule has 0 aliphatic heterocycles. The average molecular weight is 365 g/mol. The molecule has 0 saturated carbocycles. The summed E-state index contributed by atoms with van der Waals surface area (Å²) in [6.45, 7) is 0.438. The highest BCUT2D eigenvalue weighted by atomic mass is 32.1. The molecule has 2 N–H and O–H groups in total. The Balaban J connectivity index is 1.98. The highest BCUT2D eigenvalue weighted by Crippen LogP contribution is 2.35. The van der Waals surface area contributed by atoms with Crippen molar-refractivity contribution in [1.82, 2.24) is 0 Å². The number of hydrogen-bond acceptors (Lipinski definition) is 6. The summed E-state index contributed by atoms with van der Waals surface area (Å²) >= 11 is 1.66. The van der Waals surface area contributed by atoms with E-state index in [0.717, 1.165) is 31.8 Å². The Labute approximate surface area is 156 Å². The highest BCUT2D eigenvalue weighted by molar-refractivity contribution is 7.19. The third-order valence-corrected chi connectivity index (χ3v) is 5.23. The minimum absolute atomic E-state index is 0.438. The van der Waals surface area contributed by atoms with E-state index in [2.05, 4.69) is 30.3 Å². The molecule has 5 nitrogen and oxygen atoms in total. The van der Waals surface area contributed by atoms with Crippen molar-refractivity contribution in [3.63, 3.8) is 0 Å². The summed E-state index contributed by atoms with van der Waals surface area (Å²) in [6.07, 6.45) is 0.563. The smallest absolute Gasteiger partial charge is 0.298 e. The average Bonchev–Trinajstić information content (AvgIpc) is 3.03. The number of ether oxygens (including phenoxy) is 1. The van der Waals surface area contributed by atoms with Crippen molar-refractivity contribution in [1.29, 1.82) is 5.26 Å². The van der Waals surface area contributed by atoms with Crippen molar-refractivity contribution in [2.75, 3.05) is 19.0 Å². The molecule has 2 aromatic carbocycles. The van der Waals surface area contributed by atoms with E-state index in [1.165, 1.54) is 0 Å². The van der Waals surface area contributed by atoms with E-state index in [-0.39, 0.29) is 0 Å². The van der Waals surface area contributed by atoms with Crippen LogP contribution < -0.4 is 15.4 Å². The zero-order valence-electron chi connectivity index (χ0n) is 14.6. The fraction of sp³-hybridized carbons (Fsp3) is 0.200. The number of nitrogens with two attached hydrogens (primary N) is 1. The van der Waals surface area contributed by atoms with Gasteiger partial charge in [-0.05, 0) is 40.8 Å². The van der Waals surface area contributed by atoms with Gasteiger partial charge in [0.05, 0.1) is 17.8 Å². The zero-order chi connectivity index (χ0) is 18.7. The normalized spacial score (nSPS) is 11.8. The number of nitriles is 1. The molecule has 0 bridgehead atoms. The van der Waals surface area contributed by atoms with Crippen LogP contribution in [0.2, 0.25) is 0 Å². The van der Waals surface area contributed by atoms with Crippen molar-refractivity contribution in [2.45, 2.75) is 12.5 Å². The highest BCUT2D eigenvalue weighted by Gasteiger charge is 2.11. The maximum Gasteiger partial charge on any atom is 0.298 e. The van der Waals surface area contributed by atoms with Crippen LogP contribution in [-0.2, 0) is 11.2 Å². The van der Waals surface area contributed by atoms with Gasteiger partial charge < -0.3 is 15.4 Å². The summed E-state index contributed by atoms with van der Waals surface area (Å²) < 4.78 is 6.21. The van der Waals surface area contributed by atoms with Gasteiger partial charge in [-0.1, -0.05) is 18.2 Å². The zero-order valence-corrected chi connectivity index (χ0v) is 15.4. The van der Waals surface area contributed by atoms with Gasteiger partial charge in [-0.2, -0.15) is 5.26 Å². The van der Waals surface area contributed by atoms with Crippen LogP contribution >= 0.6 is 11.3 Å². The second-order valence-electron chi connectivity index (χ2n) is 6.20. The van der Waals surface area contributed by atoms with Crippen molar-refractivity contribution >= 4 is 33.6 Å². The maximum absolute atomic E-state index is 10.7. The first-order valence-electron chi connectivity index (χ1n) is 8.11. The molecule has 0 saturated heterocycles. The Morgan fingerprint density at radius 3 is 2.65 bits per heavy atom. The molecular weight excluding hydrogens is 346 g/mol. The summed E-state index contributed by atoms with van der Waals surface area (Å²) in [5.74, 6) is 0.527. The molecule has 26 heavy (non-hydrogen) atoms. The number of rotatable bonds is 6. The number of benzene rings is 2. The third kappa shape index (κ3) is 3.69. The number of carbonyl (C=O) groups excluding carboxylic acids is 1. The molecule has 3 aromatic rings. The second-order valence-corrected chi connectivity index (χ2v) is 7.36.